The summed E-state index contributed by atoms with van der Waals surface area (Å²) >= 11 is 5.94. The van der Waals surface area contributed by atoms with Crippen LogP contribution in [0.2, 0.25) is 5.02 Å². The Balaban J connectivity index is 2.02. The first-order valence-electron chi connectivity index (χ1n) is 6.67. The van der Waals surface area contributed by atoms with Crippen LogP contribution in [0.1, 0.15) is 36.9 Å². The lowest BCUT2D eigenvalue weighted by atomic mass is 10.0. The second-order valence-corrected chi connectivity index (χ2v) is 5.07. The van der Waals surface area contributed by atoms with Gasteiger partial charge in [-0.15, -0.1) is 0 Å². The maximum atomic E-state index is 5.94. The molecule has 0 saturated heterocycles. The first-order valence-corrected chi connectivity index (χ1v) is 7.05. The van der Waals surface area contributed by atoms with Gasteiger partial charge in [-0.2, -0.15) is 0 Å². The zero-order valence-electron chi connectivity index (χ0n) is 11.1. The van der Waals surface area contributed by atoms with E-state index in [0.717, 1.165) is 24.4 Å². The van der Waals surface area contributed by atoms with E-state index in [-0.39, 0.29) is 0 Å². The van der Waals surface area contributed by atoms with Crippen molar-refractivity contribution in [2.24, 2.45) is 0 Å². The van der Waals surface area contributed by atoms with Crippen molar-refractivity contribution in [2.75, 3.05) is 0 Å². The maximum Gasteiger partial charge on any atom is 0.0406 e. The van der Waals surface area contributed by atoms with Gasteiger partial charge in [-0.05, 0) is 41.8 Å². The van der Waals surface area contributed by atoms with E-state index in [9.17, 15) is 0 Å². The zero-order valence-corrected chi connectivity index (χ0v) is 11.9. The first-order chi connectivity index (χ1) is 9.29. The topological polar surface area (TPSA) is 24.9 Å². The fraction of sp³-hybridized carbons (Fsp3) is 0.312. The molecule has 0 bridgehead atoms. The van der Waals surface area contributed by atoms with Gasteiger partial charge >= 0.3 is 0 Å². The Morgan fingerprint density at radius 2 is 1.79 bits per heavy atom. The summed E-state index contributed by atoms with van der Waals surface area (Å²) in [6.45, 7) is 3.06. The summed E-state index contributed by atoms with van der Waals surface area (Å²) in [6, 6.07) is 12.6. The molecule has 2 rings (SSSR count). The molecular weight excluding hydrogens is 256 g/mol. The molecule has 100 valence electrons. The molecule has 0 aliphatic heterocycles. The van der Waals surface area contributed by atoms with Crippen LogP contribution in [-0.4, -0.2) is 4.98 Å². The highest BCUT2D eigenvalue weighted by atomic mass is 35.5. The Morgan fingerprint density at radius 1 is 1.11 bits per heavy atom. The number of aromatic nitrogens is 1. The standard InChI is InChI=1S/C16H19ClN2/c1-2-3-16(14-4-6-15(17)7-5-14)19-12-13-8-10-18-11-9-13/h4-11,16,19H,2-3,12H2,1H3. The van der Waals surface area contributed by atoms with Gasteiger partial charge in [-0.25, -0.2) is 0 Å². The van der Waals surface area contributed by atoms with E-state index in [1.54, 1.807) is 0 Å². The minimum atomic E-state index is 0.371. The largest absolute Gasteiger partial charge is 0.306 e. The summed E-state index contributed by atoms with van der Waals surface area (Å²) in [5.41, 5.74) is 2.55. The van der Waals surface area contributed by atoms with Crippen molar-refractivity contribution in [3.63, 3.8) is 0 Å². The molecule has 1 aromatic heterocycles. The summed E-state index contributed by atoms with van der Waals surface area (Å²) in [5.74, 6) is 0. The first kappa shape index (κ1) is 14.0. The normalized spacial score (nSPS) is 12.3. The molecule has 1 heterocycles. The lowest BCUT2D eigenvalue weighted by molar-refractivity contribution is 0.493. The fourth-order valence-corrected chi connectivity index (χ4v) is 2.24. The summed E-state index contributed by atoms with van der Waals surface area (Å²) < 4.78 is 0. The molecule has 0 aliphatic rings. The third kappa shape index (κ3) is 4.34. The Kier molecular flexibility index (Phi) is 5.37. The molecule has 1 aromatic carbocycles. The SMILES string of the molecule is CCCC(NCc1ccncc1)c1ccc(Cl)cc1. The summed E-state index contributed by atoms with van der Waals surface area (Å²) in [4.78, 5) is 4.03. The average molecular weight is 275 g/mol. The van der Waals surface area contributed by atoms with Crippen molar-refractivity contribution in [3.05, 3.63) is 64.9 Å². The van der Waals surface area contributed by atoms with Crippen molar-refractivity contribution in [3.8, 4) is 0 Å². The van der Waals surface area contributed by atoms with Crippen LogP contribution in [0.15, 0.2) is 48.8 Å². The van der Waals surface area contributed by atoms with Gasteiger partial charge in [0.2, 0.25) is 0 Å². The van der Waals surface area contributed by atoms with E-state index < -0.39 is 0 Å². The zero-order chi connectivity index (χ0) is 13.5. The lowest BCUT2D eigenvalue weighted by Gasteiger charge is -2.18. The predicted octanol–water partition coefficient (Wildman–Crippen LogP) is 4.37. The van der Waals surface area contributed by atoms with Crippen LogP contribution >= 0.6 is 11.6 Å². The third-order valence-corrected chi connectivity index (χ3v) is 3.40. The van der Waals surface area contributed by atoms with Crippen molar-refractivity contribution >= 4 is 11.6 Å². The van der Waals surface area contributed by atoms with E-state index in [4.69, 9.17) is 11.6 Å². The van der Waals surface area contributed by atoms with Crippen molar-refractivity contribution in [2.45, 2.75) is 32.4 Å². The molecule has 0 radical (unpaired) electrons. The van der Waals surface area contributed by atoms with Crippen LogP contribution in [0.25, 0.3) is 0 Å². The van der Waals surface area contributed by atoms with Gasteiger partial charge in [0.05, 0.1) is 0 Å². The van der Waals surface area contributed by atoms with Crippen molar-refractivity contribution < 1.29 is 0 Å². The molecule has 0 amide bonds. The van der Waals surface area contributed by atoms with Crippen LogP contribution in [0.4, 0.5) is 0 Å². The van der Waals surface area contributed by atoms with Crippen LogP contribution in [0.3, 0.4) is 0 Å². The third-order valence-electron chi connectivity index (χ3n) is 3.15. The van der Waals surface area contributed by atoms with Crippen LogP contribution in [0, 0.1) is 0 Å². The van der Waals surface area contributed by atoms with Gasteiger partial charge < -0.3 is 5.32 Å². The summed E-state index contributed by atoms with van der Waals surface area (Å²) in [5, 5.41) is 4.39. The number of hydrogen-bond donors (Lipinski definition) is 1. The molecule has 1 N–H and O–H groups in total. The number of hydrogen-bond acceptors (Lipinski definition) is 2. The molecule has 2 nitrogen and oxygen atoms in total. The summed E-state index contributed by atoms with van der Waals surface area (Å²) in [7, 11) is 0. The fourth-order valence-electron chi connectivity index (χ4n) is 2.11. The highest BCUT2D eigenvalue weighted by Crippen LogP contribution is 2.21. The molecule has 0 spiro atoms. The highest BCUT2D eigenvalue weighted by Gasteiger charge is 2.09. The van der Waals surface area contributed by atoms with Crippen LogP contribution in [-0.2, 0) is 6.54 Å². The number of rotatable bonds is 6. The van der Waals surface area contributed by atoms with E-state index in [1.165, 1.54) is 11.1 Å². The van der Waals surface area contributed by atoms with Gasteiger partial charge in [-0.3, -0.25) is 4.98 Å². The van der Waals surface area contributed by atoms with Gasteiger partial charge in [0.25, 0.3) is 0 Å². The Morgan fingerprint density at radius 3 is 2.42 bits per heavy atom. The Hall–Kier alpha value is -1.38. The second-order valence-electron chi connectivity index (χ2n) is 4.63. The predicted molar refractivity (Wildman–Crippen MR) is 80.2 cm³/mol. The molecule has 1 unspecified atom stereocenters. The number of halogens is 1. The number of benzene rings is 1. The van der Waals surface area contributed by atoms with Crippen molar-refractivity contribution in [1.82, 2.24) is 10.3 Å². The number of nitrogens with zero attached hydrogens (tertiary/aromatic N) is 1. The molecule has 0 saturated carbocycles. The number of pyridine rings is 1. The molecular formula is C16H19ClN2. The van der Waals surface area contributed by atoms with E-state index in [0.29, 0.717) is 6.04 Å². The Bertz CT molecular complexity index is 482. The monoisotopic (exact) mass is 274 g/mol. The second kappa shape index (κ2) is 7.27. The molecule has 19 heavy (non-hydrogen) atoms. The highest BCUT2D eigenvalue weighted by molar-refractivity contribution is 6.30. The number of nitrogens with one attached hydrogen (secondary N) is 1. The van der Waals surface area contributed by atoms with E-state index >= 15 is 0 Å². The molecule has 0 aliphatic carbocycles. The van der Waals surface area contributed by atoms with Gasteiger partial charge in [-0.1, -0.05) is 37.1 Å². The molecule has 2 aromatic rings. The van der Waals surface area contributed by atoms with Gasteiger partial charge in [0.15, 0.2) is 0 Å². The molecule has 3 heteroatoms. The van der Waals surface area contributed by atoms with E-state index in [1.807, 2.05) is 36.7 Å². The minimum Gasteiger partial charge on any atom is -0.306 e. The molecule has 1 atom stereocenters. The summed E-state index contributed by atoms with van der Waals surface area (Å²) in [6.07, 6.45) is 5.92. The smallest absolute Gasteiger partial charge is 0.0406 e. The van der Waals surface area contributed by atoms with Crippen molar-refractivity contribution in [1.29, 1.82) is 0 Å². The van der Waals surface area contributed by atoms with E-state index in [2.05, 4.69) is 29.4 Å². The molecule has 0 fully saturated rings. The Labute approximate surface area is 119 Å². The van der Waals surface area contributed by atoms with Crippen LogP contribution < -0.4 is 5.32 Å². The lowest BCUT2D eigenvalue weighted by Crippen LogP contribution is -2.20. The van der Waals surface area contributed by atoms with Gasteiger partial charge in [0, 0.05) is 30.0 Å². The van der Waals surface area contributed by atoms with Gasteiger partial charge in [0.1, 0.15) is 0 Å². The maximum absolute atomic E-state index is 5.94. The minimum absolute atomic E-state index is 0.371. The average Bonchev–Trinajstić information content (AvgIpc) is 2.46. The quantitative estimate of drug-likeness (QED) is 0.846. The van der Waals surface area contributed by atoms with Crippen LogP contribution in [0.5, 0.6) is 0 Å².